The number of carbonyl (C=O) groups excluding carboxylic acids is 1. The minimum Gasteiger partial charge on any atom is -0.496 e. The molecular weight excluding hydrogens is 380 g/mol. The molecule has 0 radical (unpaired) electrons. The van der Waals surface area contributed by atoms with Gasteiger partial charge in [0.15, 0.2) is 0 Å². The summed E-state index contributed by atoms with van der Waals surface area (Å²) in [5, 5.41) is 13.2. The van der Waals surface area contributed by atoms with E-state index in [2.05, 4.69) is 26.1 Å². The fourth-order valence-corrected chi connectivity index (χ4v) is 3.43. The van der Waals surface area contributed by atoms with Gasteiger partial charge in [0.2, 0.25) is 0 Å². The van der Waals surface area contributed by atoms with Crippen molar-refractivity contribution in [3.63, 3.8) is 0 Å². The quantitative estimate of drug-likeness (QED) is 0.639. The molecule has 158 valence electrons. The molecule has 0 fully saturated rings. The van der Waals surface area contributed by atoms with Crippen molar-refractivity contribution < 1.29 is 19.4 Å². The Hall–Kier alpha value is -3.28. The number of nitrogens with zero attached hydrogens (tertiary/aromatic N) is 1. The summed E-state index contributed by atoms with van der Waals surface area (Å²) < 4.78 is 7.45. The van der Waals surface area contributed by atoms with Crippen molar-refractivity contribution >= 4 is 22.8 Å². The topological polar surface area (TPSA) is 80.6 Å². The van der Waals surface area contributed by atoms with E-state index in [0.717, 1.165) is 22.0 Å². The number of carbonyl (C=O) groups is 2. The second kappa shape index (κ2) is 8.22. The molecule has 2 aromatic carbocycles. The number of carboxylic acid groups (broad SMARTS) is 1. The van der Waals surface area contributed by atoms with Crippen LogP contribution in [0, 0.1) is 5.41 Å². The molecule has 3 aromatic rings. The lowest BCUT2D eigenvalue weighted by Gasteiger charge is -2.18. The second-order valence-electron chi connectivity index (χ2n) is 8.75. The van der Waals surface area contributed by atoms with E-state index in [1.807, 2.05) is 36.0 Å². The number of benzene rings is 2. The summed E-state index contributed by atoms with van der Waals surface area (Å²) in [6, 6.07) is 10.6. The monoisotopic (exact) mass is 408 g/mol. The van der Waals surface area contributed by atoms with Gasteiger partial charge in [-0.2, -0.15) is 0 Å². The first-order valence-corrected chi connectivity index (χ1v) is 9.85. The second-order valence-corrected chi connectivity index (χ2v) is 8.75. The number of amides is 1. The first-order chi connectivity index (χ1) is 14.1. The van der Waals surface area contributed by atoms with Crippen LogP contribution in [-0.4, -0.2) is 35.2 Å². The fraction of sp³-hybridized carbons (Fsp3) is 0.333. The predicted octanol–water partition coefficient (Wildman–Crippen LogP) is 4.25. The lowest BCUT2D eigenvalue weighted by molar-refractivity contribution is 0.0696. The number of aryl methyl sites for hydroxylation is 1. The Bertz CT molecular complexity index is 1110. The molecule has 0 unspecified atom stereocenters. The van der Waals surface area contributed by atoms with Crippen LogP contribution in [0.5, 0.6) is 5.75 Å². The summed E-state index contributed by atoms with van der Waals surface area (Å²) in [4.78, 5) is 23.9. The van der Waals surface area contributed by atoms with Crippen molar-refractivity contribution in [3.05, 3.63) is 64.8 Å². The zero-order valence-corrected chi connectivity index (χ0v) is 18.1. The van der Waals surface area contributed by atoms with E-state index in [9.17, 15) is 14.7 Å². The normalized spacial score (nSPS) is 11.5. The number of methoxy groups -OCH3 is 1. The largest absolute Gasteiger partial charge is 0.496 e. The number of carboxylic acids is 1. The molecule has 3 rings (SSSR count). The van der Waals surface area contributed by atoms with Crippen molar-refractivity contribution in [2.24, 2.45) is 12.5 Å². The molecule has 0 aliphatic rings. The highest BCUT2D eigenvalue weighted by Gasteiger charge is 2.16. The third-order valence-corrected chi connectivity index (χ3v) is 5.03. The summed E-state index contributed by atoms with van der Waals surface area (Å²) >= 11 is 0. The molecule has 0 aliphatic carbocycles. The van der Waals surface area contributed by atoms with Gasteiger partial charge in [0.25, 0.3) is 5.91 Å². The van der Waals surface area contributed by atoms with Crippen molar-refractivity contribution in [2.45, 2.75) is 27.2 Å². The van der Waals surface area contributed by atoms with Crippen LogP contribution in [0.2, 0.25) is 0 Å². The van der Waals surface area contributed by atoms with Crippen LogP contribution in [0.4, 0.5) is 0 Å². The van der Waals surface area contributed by atoms with Gasteiger partial charge in [0, 0.05) is 42.7 Å². The molecule has 0 spiro atoms. The van der Waals surface area contributed by atoms with Crippen molar-refractivity contribution in [3.8, 4) is 5.75 Å². The van der Waals surface area contributed by atoms with Gasteiger partial charge in [-0.3, -0.25) is 4.79 Å². The Morgan fingerprint density at radius 3 is 2.40 bits per heavy atom. The minimum absolute atomic E-state index is 0.0103. The molecule has 0 saturated heterocycles. The highest BCUT2D eigenvalue weighted by molar-refractivity contribution is 5.99. The molecule has 2 N–H and O–H groups in total. The molecular formula is C24H28N2O4. The van der Waals surface area contributed by atoms with E-state index in [1.54, 1.807) is 12.1 Å². The van der Waals surface area contributed by atoms with Gasteiger partial charge in [-0.25, -0.2) is 4.79 Å². The number of hydrogen-bond acceptors (Lipinski definition) is 3. The molecule has 30 heavy (non-hydrogen) atoms. The van der Waals surface area contributed by atoms with Crippen LogP contribution in [0.15, 0.2) is 42.6 Å². The molecule has 0 atom stereocenters. The van der Waals surface area contributed by atoms with E-state index in [0.29, 0.717) is 24.3 Å². The summed E-state index contributed by atoms with van der Waals surface area (Å²) in [7, 11) is 3.50. The SMILES string of the molecule is COc1cc(C(=O)O)ccc1Cc1cn(C)c2ccc(C(=O)NCC(C)(C)C)cc12. The first kappa shape index (κ1) is 21.4. The van der Waals surface area contributed by atoms with E-state index >= 15 is 0 Å². The van der Waals surface area contributed by atoms with Crippen LogP contribution in [-0.2, 0) is 13.5 Å². The lowest BCUT2D eigenvalue weighted by Crippen LogP contribution is -2.32. The first-order valence-electron chi connectivity index (χ1n) is 9.85. The van der Waals surface area contributed by atoms with Gasteiger partial charge in [0.05, 0.1) is 12.7 Å². The van der Waals surface area contributed by atoms with E-state index in [4.69, 9.17) is 4.74 Å². The zero-order valence-electron chi connectivity index (χ0n) is 18.1. The highest BCUT2D eigenvalue weighted by Crippen LogP contribution is 2.29. The number of ether oxygens (including phenoxy) is 1. The molecule has 6 heteroatoms. The number of nitrogens with one attached hydrogen (secondary N) is 1. The number of aromatic nitrogens is 1. The average molecular weight is 408 g/mol. The summed E-state index contributed by atoms with van der Waals surface area (Å²) in [5.74, 6) is -0.549. The Morgan fingerprint density at radius 2 is 1.77 bits per heavy atom. The van der Waals surface area contributed by atoms with Crippen molar-refractivity contribution in [1.29, 1.82) is 0 Å². The summed E-state index contributed by atoms with van der Waals surface area (Å²) in [6.45, 7) is 6.83. The van der Waals surface area contributed by atoms with Gasteiger partial charge in [0.1, 0.15) is 5.75 Å². The predicted molar refractivity (Wildman–Crippen MR) is 117 cm³/mol. The third kappa shape index (κ3) is 4.64. The Balaban J connectivity index is 1.95. The maximum Gasteiger partial charge on any atom is 0.335 e. The number of aromatic carboxylic acids is 1. The number of fused-ring (bicyclic) bond motifs is 1. The smallest absolute Gasteiger partial charge is 0.335 e. The molecule has 1 amide bonds. The molecule has 0 saturated carbocycles. The minimum atomic E-state index is -0.990. The van der Waals surface area contributed by atoms with E-state index < -0.39 is 5.97 Å². The number of rotatable bonds is 6. The molecule has 6 nitrogen and oxygen atoms in total. The standard InChI is InChI=1S/C24H28N2O4/c1-24(2,3)14-25-22(27)16-8-9-20-19(11-16)18(13-26(20)4)10-15-6-7-17(23(28)29)12-21(15)30-5/h6-9,11-13H,10,14H2,1-5H3,(H,25,27)(H,28,29). The fourth-order valence-electron chi connectivity index (χ4n) is 3.43. The molecule has 1 heterocycles. The maximum atomic E-state index is 12.6. The zero-order chi connectivity index (χ0) is 22.1. The lowest BCUT2D eigenvalue weighted by atomic mass is 9.96. The van der Waals surface area contributed by atoms with Crippen molar-refractivity contribution in [2.75, 3.05) is 13.7 Å². The van der Waals surface area contributed by atoms with Crippen molar-refractivity contribution in [1.82, 2.24) is 9.88 Å². The van der Waals surface area contributed by atoms with Gasteiger partial charge in [-0.05, 0) is 46.9 Å². The summed E-state index contributed by atoms with van der Waals surface area (Å²) in [6.07, 6.45) is 2.60. The van der Waals surface area contributed by atoms with Gasteiger partial charge in [-0.15, -0.1) is 0 Å². The van der Waals surface area contributed by atoms with Crippen LogP contribution < -0.4 is 10.1 Å². The van der Waals surface area contributed by atoms with Gasteiger partial charge in [-0.1, -0.05) is 26.8 Å². The Morgan fingerprint density at radius 1 is 1.07 bits per heavy atom. The summed E-state index contributed by atoms with van der Waals surface area (Å²) in [5.41, 5.74) is 3.77. The maximum absolute atomic E-state index is 12.6. The van der Waals surface area contributed by atoms with Gasteiger partial charge < -0.3 is 19.7 Å². The Labute approximate surface area is 176 Å². The Kier molecular flexibility index (Phi) is 5.87. The molecule has 0 bridgehead atoms. The van der Waals surface area contributed by atoms with E-state index in [-0.39, 0.29) is 16.9 Å². The van der Waals surface area contributed by atoms with Crippen LogP contribution >= 0.6 is 0 Å². The van der Waals surface area contributed by atoms with Gasteiger partial charge >= 0.3 is 5.97 Å². The van der Waals surface area contributed by atoms with Crippen LogP contribution in [0.1, 0.15) is 52.6 Å². The molecule has 1 aromatic heterocycles. The van der Waals surface area contributed by atoms with E-state index in [1.165, 1.54) is 13.2 Å². The average Bonchev–Trinajstić information content (AvgIpc) is 3.00. The number of hydrogen-bond donors (Lipinski definition) is 2. The van der Waals surface area contributed by atoms with Crippen LogP contribution in [0.3, 0.4) is 0 Å². The highest BCUT2D eigenvalue weighted by atomic mass is 16.5. The third-order valence-electron chi connectivity index (χ3n) is 5.03. The molecule has 0 aliphatic heterocycles. The van der Waals surface area contributed by atoms with Crippen LogP contribution in [0.25, 0.3) is 10.9 Å².